The van der Waals surface area contributed by atoms with Gasteiger partial charge in [0.05, 0.1) is 37.8 Å². The average molecular weight is 866 g/mol. The predicted molar refractivity (Wildman–Crippen MR) is 248 cm³/mol. The third kappa shape index (κ3) is 13.2. The molecule has 1 aliphatic rings. The molecule has 330 valence electrons. The van der Waals surface area contributed by atoms with Crippen LogP contribution in [0.15, 0.2) is 179 Å². The Morgan fingerprint density at radius 1 is 0.484 bits per heavy atom. The Kier molecular flexibility index (Phi) is 16.4. The Balaban J connectivity index is 0.833. The smallest absolute Gasteiger partial charge is 0.199 e. The molecule has 64 heavy (non-hydrogen) atoms. The lowest BCUT2D eigenvalue weighted by atomic mass is 10.2. The van der Waals surface area contributed by atoms with Crippen molar-refractivity contribution < 1.29 is 34.6 Å². The zero-order valence-corrected chi connectivity index (χ0v) is 35.8. The van der Waals surface area contributed by atoms with Gasteiger partial charge in [-0.1, -0.05) is 0 Å². The van der Waals surface area contributed by atoms with Crippen molar-refractivity contribution in [2.45, 2.75) is 13.1 Å². The van der Waals surface area contributed by atoms with E-state index < -0.39 is 0 Å². The monoisotopic (exact) mass is 865 g/mol. The molecular formula is C48H57N12O4+3. The van der Waals surface area contributed by atoms with Crippen molar-refractivity contribution in [3.05, 3.63) is 159 Å². The van der Waals surface area contributed by atoms with Gasteiger partial charge in [0.1, 0.15) is 30.3 Å². The van der Waals surface area contributed by atoms with Crippen LogP contribution in [0, 0.1) is 0 Å². The van der Waals surface area contributed by atoms with Crippen LogP contribution in [-0.2, 0) is 13.1 Å². The maximum atomic E-state index is 9.33. The summed E-state index contributed by atoms with van der Waals surface area (Å²) in [6.07, 6.45) is 12.4. The van der Waals surface area contributed by atoms with E-state index in [4.69, 9.17) is 0 Å². The summed E-state index contributed by atoms with van der Waals surface area (Å²) >= 11 is 0. The molecule has 7 rings (SSSR count). The number of anilines is 6. The summed E-state index contributed by atoms with van der Waals surface area (Å²) in [7, 11) is 0. The van der Waals surface area contributed by atoms with Crippen LogP contribution in [0.5, 0.6) is 0 Å². The number of hydrogen-bond donors (Lipinski definition) is 7. The van der Waals surface area contributed by atoms with Gasteiger partial charge in [0.25, 0.3) is 0 Å². The highest BCUT2D eigenvalue weighted by atomic mass is 16.3. The van der Waals surface area contributed by atoms with E-state index in [1.54, 1.807) is 0 Å². The number of nitrogens with zero attached hydrogens (tertiary/aromatic N) is 9. The molecule has 1 atom stereocenters. The van der Waals surface area contributed by atoms with Gasteiger partial charge in [0.15, 0.2) is 44.4 Å². The zero-order chi connectivity index (χ0) is 44.4. The molecule has 16 heteroatoms. The number of aliphatic hydroxyl groups excluding tert-OH is 4. The summed E-state index contributed by atoms with van der Waals surface area (Å²) in [5.74, 6) is 0. The molecular weight excluding hydrogens is 809 g/mol. The molecule has 0 fully saturated rings. The fourth-order valence-corrected chi connectivity index (χ4v) is 7.13. The van der Waals surface area contributed by atoms with Gasteiger partial charge in [-0.05, 0) is 109 Å². The largest absolute Gasteiger partial charge is 0.395 e. The molecule has 7 N–H and O–H groups in total. The molecule has 6 aromatic rings. The molecule has 0 bridgehead atoms. The lowest BCUT2D eigenvalue weighted by Gasteiger charge is -2.31. The minimum atomic E-state index is 0.0267. The van der Waals surface area contributed by atoms with E-state index in [9.17, 15) is 20.4 Å². The Labute approximate surface area is 373 Å². The number of azo groups is 2. The molecule has 3 heterocycles. The summed E-state index contributed by atoms with van der Waals surface area (Å²) in [5, 5.41) is 65.6. The number of aromatic nitrogens is 2. The zero-order valence-electron chi connectivity index (χ0n) is 35.8. The van der Waals surface area contributed by atoms with Gasteiger partial charge < -0.3 is 40.9 Å². The average Bonchev–Trinajstić information content (AvgIpc) is 3.31. The Morgan fingerprint density at radius 3 is 1.27 bits per heavy atom. The predicted octanol–water partition coefficient (Wildman–Crippen LogP) is 5.45. The van der Waals surface area contributed by atoms with Gasteiger partial charge in [-0.2, -0.15) is 19.8 Å². The molecule has 4 aromatic carbocycles. The molecule has 0 aliphatic carbocycles. The fourth-order valence-electron chi connectivity index (χ4n) is 7.13. The lowest BCUT2D eigenvalue weighted by Crippen LogP contribution is -3.18. The van der Waals surface area contributed by atoms with E-state index in [1.807, 2.05) is 156 Å². The van der Waals surface area contributed by atoms with Crippen molar-refractivity contribution in [1.82, 2.24) is 5.01 Å². The highest BCUT2D eigenvalue weighted by molar-refractivity contribution is 5.65. The number of quaternary nitrogens is 1. The van der Waals surface area contributed by atoms with Gasteiger partial charge >= 0.3 is 0 Å². The molecule has 2 aromatic heterocycles. The van der Waals surface area contributed by atoms with E-state index in [0.29, 0.717) is 26.2 Å². The Hall–Kier alpha value is -7.08. The van der Waals surface area contributed by atoms with E-state index in [-0.39, 0.29) is 26.4 Å². The van der Waals surface area contributed by atoms with Crippen molar-refractivity contribution in [2.75, 3.05) is 86.1 Å². The first-order chi connectivity index (χ1) is 31.5. The molecule has 0 saturated carbocycles. The normalized spacial score (nSPS) is 13.4. The first-order valence-electron chi connectivity index (χ1n) is 21.5. The SMILES string of the molecule is OCCN(CCO)c1ccc(Nc2ccc(N=Nc3ccc[n+](CCN4C=C[NH+]4CC[n+]4cccc(N=Nc5ccc(Nc6ccc(N(CCO)CCO)cc6)cc5)c4)c3)cc2)cc1. The topological polar surface area (TPSA) is 176 Å². The van der Waals surface area contributed by atoms with Crippen molar-refractivity contribution in [3.8, 4) is 0 Å². The van der Waals surface area contributed by atoms with E-state index in [1.165, 1.54) is 5.01 Å². The number of nitrogens with one attached hydrogen (secondary N) is 3. The summed E-state index contributed by atoms with van der Waals surface area (Å²) < 4.78 is 4.27. The minimum Gasteiger partial charge on any atom is -0.395 e. The van der Waals surface area contributed by atoms with E-state index in [2.05, 4.69) is 57.6 Å². The molecule has 0 spiro atoms. The number of pyridine rings is 2. The fraction of sp³-hybridized carbons (Fsp3) is 0.250. The van der Waals surface area contributed by atoms with Crippen molar-refractivity contribution in [3.63, 3.8) is 0 Å². The molecule has 16 nitrogen and oxygen atoms in total. The van der Waals surface area contributed by atoms with Crippen LogP contribution in [0.3, 0.4) is 0 Å². The number of aliphatic hydroxyl groups is 4. The molecule has 0 amide bonds. The highest BCUT2D eigenvalue weighted by Crippen LogP contribution is 2.26. The van der Waals surface area contributed by atoms with Crippen molar-refractivity contribution >= 4 is 56.9 Å². The summed E-state index contributed by atoms with van der Waals surface area (Å²) in [5.41, 5.74) is 8.65. The first-order valence-corrected chi connectivity index (χ1v) is 21.5. The van der Waals surface area contributed by atoms with Crippen LogP contribution >= 0.6 is 0 Å². The van der Waals surface area contributed by atoms with Gasteiger partial charge in [-0.3, -0.25) is 0 Å². The lowest BCUT2D eigenvalue weighted by molar-refractivity contribution is -0.999. The minimum absolute atomic E-state index is 0.0267. The van der Waals surface area contributed by atoms with Gasteiger partial charge in [-0.15, -0.1) is 10.2 Å². The van der Waals surface area contributed by atoms with Crippen LogP contribution in [0.1, 0.15) is 0 Å². The van der Waals surface area contributed by atoms with Crippen LogP contribution < -0.4 is 34.6 Å². The number of hydrogen-bond acceptors (Lipinski definition) is 13. The van der Waals surface area contributed by atoms with Gasteiger partial charge in [0, 0.05) is 72.4 Å². The maximum absolute atomic E-state index is 9.33. The third-order valence-electron chi connectivity index (χ3n) is 10.5. The van der Waals surface area contributed by atoms with Crippen LogP contribution in [-0.4, -0.2) is 91.1 Å². The van der Waals surface area contributed by atoms with Crippen LogP contribution in [0.2, 0.25) is 0 Å². The Morgan fingerprint density at radius 2 is 0.875 bits per heavy atom. The molecule has 0 radical (unpaired) electrons. The van der Waals surface area contributed by atoms with Crippen molar-refractivity contribution in [2.24, 2.45) is 20.5 Å². The quantitative estimate of drug-likeness (QED) is 0.0308. The summed E-state index contributed by atoms with van der Waals surface area (Å²) in [4.78, 5) is 3.88. The maximum Gasteiger partial charge on any atom is 0.199 e. The standard InChI is InChI=1S/C48H56N12O4/c61-33-29-57(30-34-62)47-17-13-41(14-18-47)49-39-5-9-43(10-6-39)51-53-45-3-1-21-55(37-45)23-25-59-27-28-60(59)26-24-56-22-2-4-46(38-56)54-52-44-11-7-40(8-12-44)50-42-15-19-48(20-16-42)58(31-35-63)32-36-64/h1-22,27-28,37-38,49-50,61-64H,23-26,29-36H2/q+2/p+1. The summed E-state index contributed by atoms with van der Waals surface area (Å²) in [6.45, 7) is 5.31. The number of benzene rings is 4. The molecule has 0 saturated heterocycles. The van der Waals surface area contributed by atoms with Crippen LogP contribution in [0.4, 0.5) is 56.9 Å². The second-order valence-electron chi connectivity index (χ2n) is 15.1. The Bertz CT molecular complexity index is 2250. The van der Waals surface area contributed by atoms with E-state index in [0.717, 1.165) is 83.1 Å². The van der Waals surface area contributed by atoms with Crippen LogP contribution in [0.25, 0.3) is 0 Å². The first kappa shape index (κ1) is 45.0. The van der Waals surface area contributed by atoms with Crippen molar-refractivity contribution in [1.29, 1.82) is 0 Å². The molecule has 1 unspecified atom stereocenters. The second kappa shape index (κ2) is 23.4. The molecule has 1 aliphatic heterocycles. The second-order valence-corrected chi connectivity index (χ2v) is 15.1. The van der Waals surface area contributed by atoms with Gasteiger partial charge in [0.2, 0.25) is 0 Å². The van der Waals surface area contributed by atoms with Gasteiger partial charge in [-0.25, -0.2) is 9.58 Å². The third-order valence-corrected chi connectivity index (χ3v) is 10.5. The number of rotatable bonds is 24. The van der Waals surface area contributed by atoms with E-state index >= 15 is 0 Å². The highest BCUT2D eigenvalue weighted by Gasteiger charge is 2.25. The summed E-state index contributed by atoms with van der Waals surface area (Å²) in [6, 6.07) is 39.2.